The molecule has 2 atom stereocenters. The van der Waals surface area contributed by atoms with Gasteiger partial charge in [0.2, 0.25) is 0 Å². The molecule has 0 aliphatic heterocycles. The number of carbonyl (C=O) groups excluding carboxylic acids is 2. The van der Waals surface area contributed by atoms with E-state index in [2.05, 4.69) is 111 Å². The molecule has 0 amide bonds. The third kappa shape index (κ3) is 66.1. The summed E-state index contributed by atoms with van der Waals surface area (Å²) in [7, 11) is 1.17. The maximum atomic E-state index is 12.9. The fourth-order valence-corrected chi connectivity index (χ4v) is 10.2. The molecular weight excluding hydrogens is 1040 g/mol. The van der Waals surface area contributed by atoms with Crippen LogP contribution in [0.3, 0.4) is 0 Å². The molecule has 0 aliphatic carbocycles. The Balaban J connectivity index is 4.05. The van der Waals surface area contributed by atoms with Crippen LogP contribution in [-0.4, -0.2) is 70.0 Å². The highest BCUT2D eigenvalue weighted by atomic mass is 31.2. The third-order valence-corrected chi connectivity index (χ3v) is 15.6. The summed E-state index contributed by atoms with van der Waals surface area (Å²) in [4.78, 5) is 38.1. The summed E-state index contributed by atoms with van der Waals surface area (Å²) in [5.74, 6) is -0.825. The molecule has 9 nitrogen and oxygen atoms in total. The second-order valence-corrected chi connectivity index (χ2v) is 25.2. The molecule has 0 saturated heterocycles. The third-order valence-electron chi connectivity index (χ3n) is 14.6. The first-order valence-corrected chi connectivity index (χ1v) is 35.4. The zero-order chi connectivity index (χ0) is 59.8. The highest BCUT2D eigenvalue weighted by molar-refractivity contribution is 7.45. The number of unbranched alkanes of at least 4 members (excludes halogenated alkanes) is 32. The number of hydrogen-bond acceptors (Lipinski definition) is 8. The van der Waals surface area contributed by atoms with E-state index < -0.39 is 26.5 Å². The molecule has 10 heteroatoms. The Labute approximate surface area is 506 Å². The zero-order valence-electron chi connectivity index (χ0n) is 53.9. The molecule has 0 radical (unpaired) electrons. The van der Waals surface area contributed by atoms with Crippen molar-refractivity contribution in [3.8, 4) is 0 Å². The lowest BCUT2D eigenvalue weighted by Crippen LogP contribution is -2.37. The molecule has 82 heavy (non-hydrogen) atoms. The van der Waals surface area contributed by atoms with Crippen molar-refractivity contribution in [2.24, 2.45) is 0 Å². The number of quaternary nitrogens is 1. The van der Waals surface area contributed by atoms with E-state index in [4.69, 9.17) is 18.5 Å². The van der Waals surface area contributed by atoms with Gasteiger partial charge in [0.05, 0.1) is 27.7 Å². The predicted octanol–water partition coefficient (Wildman–Crippen LogP) is 21.3. The van der Waals surface area contributed by atoms with Crippen LogP contribution in [0, 0.1) is 0 Å². The minimum absolute atomic E-state index is 0.0326. The van der Waals surface area contributed by atoms with E-state index in [0.29, 0.717) is 17.4 Å². The Morgan fingerprint density at radius 2 is 0.659 bits per heavy atom. The summed E-state index contributed by atoms with van der Waals surface area (Å²) >= 11 is 0. The summed E-state index contributed by atoms with van der Waals surface area (Å²) in [6, 6.07) is 0. The molecule has 0 fully saturated rings. The number of carbonyl (C=O) groups is 2. The van der Waals surface area contributed by atoms with Crippen LogP contribution in [0.25, 0.3) is 0 Å². The van der Waals surface area contributed by atoms with E-state index in [-0.39, 0.29) is 32.0 Å². The van der Waals surface area contributed by atoms with Gasteiger partial charge in [-0.1, -0.05) is 291 Å². The van der Waals surface area contributed by atoms with Crippen molar-refractivity contribution >= 4 is 19.8 Å². The van der Waals surface area contributed by atoms with Crippen LogP contribution in [0.15, 0.2) is 97.2 Å². The monoisotopic (exact) mass is 1170 g/mol. The highest BCUT2D eigenvalue weighted by Gasteiger charge is 2.22. The van der Waals surface area contributed by atoms with Gasteiger partial charge >= 0.3 is 11.9 Å². The zero-order valence-corrected chi connectivity index (χ0v) is 54.8. The molecular formula is C72H128NO8P. The number of rotatable bonds is 62. The summed E-state index contributed by atoms with van der Waals surface area (Å²) in [5.41, 5.74) is 0. The van der Waals surface area contributed by atoms with Crippen molar-refractivity contribution < 1.29 is 42.1 Å². The Hall–Kier alpha value is -3.07. The molecule has 0 heterocycles. The van der Waals surface area contributed by atoms with Gasteiger partial charge in [-0.05, 0) is 89.9 Å². The van der Waals surface area contributed by atoms with Gasteiger partial charge in [-0.3, -0.25) is 14.2 Å². The number of likely N-dealkylation sites (N-methyl/N-ethyl adjacent to an activating group) is 1. The van der Waals surface area contributed by atoms with Crippen molar-refractivity contribution in [2.75, 3.05) is 47.5 Å². The van der Waals surface area contributed by atoms with Gasteiger partial charge in [-0.15, -0.1) is 0 Å². The van der Waals surface area contributed by atoms with E-state index in [1.54, 1.807) is 0 Å². The number of allylic oxidation sites excluding steroid dienone is 16. The molecule has 0 aromatic heterocycles. The van der Waals surface area contributed by atoms with Gasteiger partial charge in [0.15, 0.2) is 6.10 Å². The molecule has 0 aromatic rings. The van der Waals surface area contributed by atoms with Gasteiger partial charge < -0.3 is 27.9 Å². The van der Waals surface area contributed by atoms with E-state index >= 15 is 0 Å². The average molecular weight is 1170 g/mol. The summed E-state index contributed by atoms with van der Waals surface area (Å²) in [6.07, 6.45) is 86.2. The first-order valence-electron chi connectivity index (χ1n) is 33.9. The van der Waals surface area contributed by atoms with Crippen LogP contribution in [0.5, 0.6) is 0 Å². The lowest BCUT2D eigenvalue weighted by molar-refractivity contribution is -0.870. The van der Waals surface area contributed by atoms with Crippen LogP contribution in [0.1, 0.15) is 296 Å². The molecule has 0 bridgehead atoms. The number of phosphoric ester groups is 1. The summed E-state index contributed by atoms with van der Waals surface area (Å²) in [5, 5.41) is 0. The fraction of sp³-hybridized carbons (Fsp3) is 0.750. The Morgan fingerprint density at radius 1 is 0.378 bits per heavy atom. The fourth-order valence-electron chi connectivity index (χ4n) is 9.47. The Kier molecular flexibility index (Phi) is 60.1. The van der Waals surface area contributed by atoms with Gasteiger partial charge in [0.25, 0.3) is 7.82 Å². The maximum Gasteiger partial charge on any atom is 0.306 e. The van der Waals surface area contributed by atoms with Crippen molar-refractivity contribution in [1.82, 2.24) is 0 Å². The minimum atomic E-state index is -4.64. The quantitative estimate of drug-likeness (QED) is 0.0195. The maximum absolute atomic E-state index is 12.9. The van der Waals surface area contributed by atoms with Crippen LogP contribution >= 0.6 is 7.82 Å². The largest absolute Gasteiger partial charge is 0.756 e. The normalized spacial score (nSPS) is 13.8. The van der Waals surface area contributed by atoms with E-state index in [9.17, 15) is 19.0 Å². The number of nitrogens with zero attached hydrogens (tertiary/aromatic N) is 1. The number of hydrogen-bond donors (Lipinski definition) is 0. The van der Waals surface area contributed by atoms with Crippen molar-refractivity contribution in [3.63, 3.8) is 0 Å². The molecule has 2 unspecified atom stereocenters. The first kappa shape index (κ1) is 78.9. The van der Waals surface area contributed by atoms with E-state index in [1.165, 1.54) is 173 Å². The molecule has 0 N–H and O–H groups in total. The van der Waals surface area contributed by atoms with Crippen LogP contribution in [-0.2, 0) is 32.7 Å². The Morgan fingerprint density at radius 3 is 0.976 bits per heavy atom. The minimum Gasteiger partial charge on any atom is -0.756 e. The predicted molar refractivity (Wildman–Crippen MR) is 351 cm³/mol. The SMILES string of the molecule is CC/C=C\C/C=C\C/C=C\C/C=C\CCCCCCCCCCCCCCCCCCC(=O)OCC(COP(=O)([O-])OCC[N+](C)(C)C)OC(=O)CCCCCCCCCCCCCCCCCC/C=C\C/C=C\C/C=C\C/C=C\CC. The van der Waals surface area contributed by atoms with Gasteiger partial charge in [0, 0.05) is 12.8 Å². The summed E-state index contributed by atoms with van der Waals surface area (Å²) in [6.45, 7) is 4.05. The second-order valence-electron chi connectivity index (χ2n) is 23.8. The summed E-state index contributed by atoms with van der Waals surface area (Å²) < 4.78 is 34.3. The lowest BCUT2D eigenvalue weighted by Gasteiger charge is -2.28. The van der Waals surface area contributed by atoms with Crippen LogP contribution < -0.4 is 4.89 Å². The van der Waals surface area contributed by atoms with Crippen LogP contribution in [0.2, 0.25) is 0 Å². The molecule has 0 spiro atoms. The van der Waals surface area contributed by atoms with E-state index in [1.807, 2.05) is 21.1 Å². The van der Waals surface area contributed by atoms with Gasteiger partial charge in [-0.2, -0.15) is 0 Å². The van der Waals surface area contributed by atoms with E-state index in [0.717, 1.165) is 89.9 Å². The smallest absolute Gasteiger partial charge is 0.306 e. The van der Waals surface area contributed by atoms with Gasteiger partial charge in [-0.25, -0.2) is 0 Å². The topological polar surface area (TPSA) is 111 Å². The average Bonchev–Trinajstić information content (AvgIpc) is 3.44. The molecule has 0 rings (SSSR count). The van der Waals surface area contributed by atoms with Crippen molar-refractivity contribution in [2.45, 2.75) is 302 Å². The van der Waals surface area contributed by atoms with Gasteiger partial charge in [0.1, 0.15) is 19.8 Å². The first-order chi connectivity index (χ1) is 40.0. The van der Waals surface area contributed by atoms with Crippen molar-refractivity contribution in [3.05, 3.63) is 97.2 Å². The molecule has 0 aromatic carbocycles. The van der Waals surface area contributed by atoms with Crippen molar-refractivity contribution in [1.29, 1.82) is 0 Å². The van der Waals surface area contributed by atoms with Crippen LogP contribution in [0.4, 0.5) is 0 Å². The number of ether oxygens (including phenoxy) is 2. The number of phosphoric acid groups is 1. The lowest BCUT2D eigenvalue weighted by atomic mass is 10.0. The Bertz CT molecular complexity index is 1710. The molecule has 474 valence electrons. The second kappa shape index (κ2) is 62.5. The highest BCUT2D eigenvalue weighted by Crippen LogP contribution is 2.38. The molecule has 0 aliphatic rings. The standard InChI is InChI=1S/C72H128NO8P/c1-6-8-10-12-14-16-18-20-22-24-26-28-30-32-34-36-38-40-42-44-46-48-50-52-54-56-58-60-62-64-71(74)78-68-70(69-80-82(76,77)79-67-66-73(3,4)5)81-72(75)65-63-61-59-57-55-53-51-49-47-45-43-41-39-37-35-33-31-29-27-25-23-21-19-17-15-13-11-9-7-2/h8-11,14-17,20-23,26-29,70H,6-7,12-13,18-19,24-25,30-69H2,1-5H3/b10-8-,11-9-,16-14-,17-15-,22-20-,23-21-,28-26-,29-27-. The molecule has 0 saturated carbocycles. The number of esters is 2.